The molecule has 3 nitrogen and oxygen atoms in total. The van der Waals surface area contributed by atoms with Gasteiger partial charge in [-0.15, -0.1) is 0 Å². The van der Waals surface area contributed by atoms with E-state index in [0.29, 0.717) is 11.6 Å². The highest BCUT2D eigenvalue weighted by Crippen LogP contribution is 2.37. The highest BCUT2D eigenvalue weighted by molar-refractivity contribution is 6.08. The molecule has 0 bridgehead atoms. The van der Waals surface area contributed by atoms with E-state index in [0.717, 1.165) is 33.3 Å². The van der Waals surface area contributed by atoms with Gasteiger partial charge in [0, 0.05) is 28.2 Å². The van der Waals surface area contributed by atoms with E-state index in [2.05, 4.69) is 46.4 Å². The van der Waals surface area contributed by atoms with Gasteiger partial charge in [-0.1, -0.05) is 31.4 Å². The first-order chi connectivity index (χ1) is 12.8. The van der Waals surface area contributed by atoms with Crippen molar-refractivity contribution >= 4 is 22.1 Å². The zero-order valence-electron chi connectivity index (χ0n) is 15.0. The first-order valence-corrected chi connectivity index (χ1v) is 9.55. The molecule has 130 valence electrons. The number of fused-ring (bicyclic) bond motifs is 3. The maximum atomic E-state index is 6.15. The smallest absolute Gasteiger partial charge is 0.227 e. The number of pyridine rings is 2. The standard InChI is InChI=1S/C23H22N2O/c1-15-10-11-19-18-8-5-9-20(22(18)26-23(19)25-15)21-14-17(12-13-24-21)16-6-3-2-4-7-16/h5,8-14,16H,2-4,6-7H2,1H3. The van der Waals surface area contributed by atoms with Gasteiger partial charge in [0.2, 0.25) is 5.71 Å². The van der Waals surface area contributed by atoms with Crippen LogP contribution in [0.1, 0.15) is 49.3 Å². The molecule has 1 aromatic carbocycles. The molecule has 0 N–H and O–H groups in total. The molecular weight excluding hydrogens is 320 g/mol. The van der Waals surface area contributed by atoms with E-state index in [1.165, 1.54) is 37.7 Å². The molecule has 3 heterocycles. The average molecular weight is 342 g/mol. The predicted molar refractivity (Wildman–Crippen MR) is 105 cm³/mol. The predicted octanol–water partition coefficient (Wildman–Crippen LogP) is 6.40. The molecule has 3 heteroatoms. The van der Waals surface area contributed by atoms with E-state index in [4.69, 9.17) is 4.42 Å². The van der Waals surface area contributed by atoms with Crippen molar-refractivity contribution in [3.63, 3.8) is 0 Å². The minimum absolute atomic E-state index is 0.671. The highest BCUT2D eigenvalue weighted by Gasteiger charge is 2.18. The molecule has 1 aliphatic carbocycles. The van der Waals surface area contributed by atoms with E-state index in [9.17, 15) is 0 Å². The lowest BCUT2D eigenvalue weighted by Crippen LogP contribution is -2.04. The van der Waals surface area contributed by atoms with Crippen molar-refractivity contribution < 1.29 is 4.42 Å². The zero-order chi connectivity index (χ0) is 17.5. The summed E-state index contributed by atoms with van der Waals surface area (Å²) in [6.07, 6.45) is 8.59. The SMILES string of the molecule is Cc1ccc2c(n1)oc1c(-c3cc(C4CCCCC4)ccn3)cccc12. The molecule has 0 saturated heterocycles. The number of hydrogen-bond donors (Lipinski definition) is 0. The van der Waals surface area contributed by atoms with Gasteiger partial charge in [0.05, 0.1) is 5.69 Å². The third-order valence-electron chi connectivity index (χ3n) is 5.64. The van der Waals surface area contributed by atoms with Crippen LogP contribution < -0.4 is 0 Å². The summed E-state index contributed by atoms with van der Waals surface area (Å²) in [5.41, 5.74) is 6.02. The summed E-state index contributed by atoms with van der Waals surface area (Å²) in [5.74, 6) is 0.671. The van der Waals surface area contributed by atoms with Crippen LogP contribution in [0.2, 0.25) is 0 Å². The summed E-state index contributed by atoms with van der Waals surface area (Å²) in [4.78, 5) is 9.21. The number of rotatable bonds is 2. The maximum Gasteiger partial charge on any atom is 0.227 e. The first kappa shape index (κ1) is 15.6. The Hall–Kier alpha value is -2.68. The summed E-state index contributed by atoms with van der Waals surface area (Å²) in [5, 5.41) is 2.17. The molecule has 0 unspecified atom stereocenters. The lowest BCUT2D eigenvalue weighted by Gasteiger charge is -2.22. The molecule has 0 radical (unpaired) electrons. The topological polar surface area (TPSA) is 38.9 Å². The van der Waals surface area contributed by atoms with Gasteiger partial charge >= 0.3 is 0 Å². The molecule has 4 aromatic rings. The van der Waals surface area contributed by atoms with Gasteiger partial charge in [-0.05, 0) is 61.6 Å². The Morgan fingerprint density at radius 1 is 0.962 bits per heavy atom. The van der Waals surface area contributed by atoms with Crippen LogP contribution in [0.25, 0.3) is 33.3 Å². The van der Waals surface area contributed by atoms with Crippen molar-refractivity contribution in [2.75, 3.05) is 0 Å². The molecule has 0 atom stereocenters. The van der Waals surface area contributed by atoms with Crippen LogP contribution in [0.5, 0.6) is 0 Å². The second kappa shape index (κ2) is 6.24. The largest absolute Gasteiger partial charge is 0.437 e. The monoisotopic (exact) mass is 342 g/mol. The van der Waals surface area contributed by atoms with Crippen molar-refractivity contribution in [3.05, 3.63) is 59.9 Å². The van der Waals surface area contributed by atoms with Crippen LogP contribution in [0.4, 0.5) is 0 Å². The van der Waals surface area contributed by atoms with E-state index < -0.39 is 0 Å². The average Bonchev–Trinajstić information content (AvgIpc) is 3.06. The van der Waals surface area contributed by atoms with E-state index in [-0.39, 0.29) is 0 Å². The number of para-hydroxylation sites is 1. The summed E-state index contributed by atoms with van der Waals surface area (Å²) >= 11 is 0. The molecule has 0 spiro atoms. The molecule has 1 saturated carbocycles. The minimum Gasteiger partial charge on any atom is -0.437 e. The van der Waals surface area contributed by atoms with Crippen molar-refractivity contribution in [2.45, 2.75) is 44.9 Å². The fourth-order valence-corrected chi connectivity index (χ4v) is 4.26. The van der Waals surface area contributed by atoms with Crippen LogP contribution in [-0.2, 0) is 0 Å². The Morgan fingerprint density at radius 2 is 1.85 bits per heavy atom. The Labute approximate surface area is 153 Å². The number of aromatic nitrogens is 2. The summed E-state index contributed by atoms with van der Waals surface area (Å²) in [6.45, 7) is 1.99. The van der Waals surface area contributed by atoms with Gasteiger partial charge in [-0.25, -0.2) is 4.98 Å². The van der Waals surface area contributed by atoms with Gasteiger partial charge in [-0.2, -0.15) is 0 Å². The molecule has 26 heavy (non-hydrogen) atoms. The third kappa shape index (κ3) is 2.59. The molecule has 0 aliphatic heterocycles. The van der Waals surface area contributed by atoms with Crippen molar-refractivity contribution in [1.29, 1.82) is 0 Å². The first-order valence-electron chi connectivity index (χ1n) is 9.55. The summed E-state index contributed by atoms with van der Waals surface area (Å²) in [7, 11) is 0. The Balaban J connectivity index is 1.66. The zero-order valence-corrected chi connectivity index (χ0v) is 15.0. The second-order valence-corrected chi connectivity index (χ2v) is 7.40. The summed E-state index contributed by atoms with van der Waals surface area (Å²) < 4.78 is 6.15. The molecule has 1 fully saturated rings. The van der Waals surface area contributed by atoms with Gasteiger partial charge in [0.15, 0.2) is 0 Å². The number of furan rings is 1. The van der Waals surface area contributed by atoms with Crippen LogP contribution >= 0.6 is 0 Å². The van der Waals surface area contributed by atoms with Crippen molar-refractivity contribution in [2.24, 2.45) is 0 Å². The Morgan fingerprint density at radius 3 is 2.73 bits per heavy atom. The maximum absolute atomic E-state index is 6.15. The fourth-order valence-electron chi connectivity index (χ4n) is 4.26. The number of hydrogen-bond acceptors (Lipinski definition) is 3. The van der Waals surface area contributed by atoms with Gasteiger partial charge < -0.3 is 4.42 Å². The second-order valence-electron chi connectivity index (χ2n) is 7.40. The van der Waals surface area contributed by atoms with E-state index in [1.54, 1.807) is 0 Å². The molecule has 0 amide bonds. The summed E-state index contributed by atoms with van der Waals surface area (Å²) in [6, 6.07) is 14.9. The normalized spacial score (nSPS) is 15.7. The third-order valence-corrected chi connectivity index (χ3v) is 5.64. The van der Waals surface area contributed by atoms with Gasteiger partial charge in [0.1, 0.15) is 5.58 Å². The molecule has 5 rings (SSSR count). The lowest BCUT2D eigenvalue weighted by atomic mass is 9.84. The fraction of sp³-hybridized carbons (Fsp3) is 0.304. The van der Waals surface area contributed by atoms with E-state index in [1.807, 2.05) is 19.2 Å². The molecule has 1 aliphatic rings. The van der Waals surface area contributed by atoms with E-state index >= 15 is 0 Å². The van der Waals surface area contributed by atoms with Gasteiger partial charge in [0.25, 0.3) is 0 Å². The Kier molecular flexibility index (Phi) is 3.74. The molecule has 3 aromatic heterocycles. The number of benzene rings is 1. The quantitative estimate of drug-likeness (QED) is 0.423. The van der Waals surface area contributed by atoms with Crippen LogP contribution in [0.3, 0.4) is 0 Å². The van der Waals surface area contributed by atoms with Crippen LogP contribution in [0.15, 0.2) is 53.1 Å². The van der Waals surface area contributed by atoms with Crippen LogP contribution in [-0.4, -0.2) is 9.97 Å². The minimum atomic E-state index is 0.671. The van der Waals surface area contributed by atoms with Crippen molar-refractivity contribution in [1.82, 2.24) is 9.97 Å². The van der Waals surface area contributed by atoms with Crippen molar-refractivity contribution in [3.8, 4) is 11.3 Å². The highest BCUT2D eigenvalue weighted by atomic mass is 16.3. The number of aryl methyl sites for hydroxylation is 1. The van der Waals surface area contributed by atoms with Crippen LogP contribution in [0, 0.1) is 6.92 Å². The van der Waals surface area contributed by atoms with Gasteiger partial charge in [-0.3, -0.25) is 4.98 Å². The lowest BCUT2D eigenvalue weighted by molar-refractivity contribution is 0.443. The number of nitrogens with zero attached hydrogens (tertiary/aromatic N) is 2. The Bertz CT molecular complexity index is 1090. The molecular formula is C23H22N2O.